The van der Waals surface area contributed by atoms with Crippen LogP contribution in [0.1, 0.15) is 52.3 Å². The quantitative estimate of drug-likeness (QED) is 0.797. The van der Waals surface area contributed by atoms with Crippen LogP contribution in [0.5, 0.6) is 0 Å². The molecule has 0 atom stereocenters. The van der Waals surface area contributed by atoms with E-state index in [2.05, 4.69) is 50.1 Å². The zero-order valence-corrected chi connectivity index (χ0v) is 12.4. The fourth-order valence-corrected chi connectivity index (χ4v) is 1.71. The standard InChI is InChI=1S/C13H25N3.ClH/c1-10(2)6-7-14-8-11-9-15-16-12(11)13(3,4)5;/h9-10,14H,6-8H2,1-5H3,(H,15,16);1H. The molecule has 1 rings (SSSR count). The van der Waals surface area contributed by atoms with Gasteiger partial charge in [0.2, 0.25) is 0 Å². The smallest absolute Gasteiger partial charge is 0.0535 e. The minimum absolute atomic E-state index is 0. The van der Waals surface area contributed by atoms with Gasteiger partial charge in [0.05, 0.1) is 6.20 Å². The lowest BCUT2D eigenvalue weighted by Gasteiger charge is -2.18. The minimum atomic E-state index is 0. The summed E-state index contributed by atoms with van der Waals surface area (Å²) in [6.45, 7) is 13.1. The number of nitrogens with zero attached hydrogens (tertiary/aromatic N) is 1. The van der Waals surface area contributed by atoms with Gasteiger partial charge in [0.25, 0.3) is 0 Å². The number of halogens is 1. The fourth-order valence-electron chi connectivity index (χ4n) is 1.71. The first-order chi connectivity index (χ1) is 7.41. The molecule has 1 aromatic rings. The van der Waals surface area contributed by atoms with Crippen LogP contribution in [0.25, 0.3) is 0 Å². The number of hydrogen-bond acceptors (Lipinski definition) is 2. The molecule has 1 heterocycles. The van der Waals surface area contributed by atoms with Crippen LogP contribution >= 0.6 is 12.4 Å². The van der Waals surface area contributed by atoms with E-state index in [1.54, 1.807) is 0 Å². The summed E-state index contributed by atoms with van der Waals surface area (Å²) < 4.78 is 0. The van der Waals surface area contributed by atoms with Crippen LogP contribution in [0.2, 0.25) is 0 Å². The van der Waals surface area contributed by atoms with Gasteiger partial charge in [-0.05, 0) is 18.9 Å². The van der Waals surface area contributed by atoms with E-state index in [0.717, 1.165) is 19.0 Å². The van der Waals surface area contributed by atoms with Crippen molar-refractivity contribution in [3.05, 3.63) is 17.5 Å². The van der Waals surface area contributed by atoms with Crippen molar-refractivity contribution in [2.75, 3.05) is 6.54 Å². The second-order valence-electron chi connectivity index (χ2n) is 5.88. The average molecular weight is 260 g/mol. The number of H-pyrrole nitrogens is 1. The maximum atomic E-state index is 4.14. The first-order valence-corrected chi connectivity index (χ1v) is 6.14. The molecule has 1 aromatic heterocycles. The SMILES string of the molecule is CC(C)CCNCc1cn[nH]c1C(C)(C)C.Cl. The van der Waals surface area contributed by atoms with Crippen molar-refractivity contribution in [1.82, 2.24) is 15.5 Å². The van der Waals surface area contributed by atoms with Crippen molar-refractivity contribution in [2.45, 2.75) is 53.0 Å². The highest BCUT2D eigenvalue weighted by atomic mass is 35.5. The summed E-state index contributed by atoms with van der Waals surface area (Å²) in [7, 11) is 0. The Morgan fingerprint density at radius 2 is 2.00 bits per heavy atom. The number of rotatable bonds is 5. The van der Waals surface area contributed by atoms with E-state index in [1.807, 2.05) is 6.20 Å². The lowest BCUT2D eigenvalue weighted by Crippen LogP contribution is -2.20. The van der Waals surface area contributed by atoms with E-state index in [-0.39, 0.29) is 17.8 Å². The summed E-state index contributed by atoms with van der Waals surface area (Å²) in [5.74, 6) is 0.763. The summed E-state index contributed by atoms with van der Waals surface area (Å²) in [5.41, 5.74) is 2.67. The van der Waals surface area contributed by atoms with Crippen molar-refractivity contribution in [3.8, 4) is 0 Å². The molecule has 0 saturated heterocycles. The Morgan fingerprint density at radius 3 is 2.53 bits per heavy atom. The molecule has 100 valence electrons. The fraction of sp³-hybridized carbons (Fsp3) is 0.769. The van der Waals surface area contributed by atoms with Gasteiger partial charge in [-0.2, -0.15) is 5.10 Å². The van der Waals surface area contributed by atoms with Crippen molar-refractivity contribution in [3.63, 3.8) is 0 Å². The van der Waals surface area contributed by atoms with Gasteiger partial charge in [-0.15, -0.1) is 12.4 Å². The Hall–Kier alpha value is -0.540. The predicted octanol–water partition coefficient (Wildman–Crippen LogP) is 3.26. The van der Waals surface area contributed by atoms with E-state index in [0.29, 0.717) is 0 Å². The molecule has 0 radical (unpaired) electrons. The maximum absolute atomic E-state index is 4.14. The molecule has 0 spiro atoms. The summed E-state index contributed by atoms with van der Waals surface area (Å²) in [6, 6.07) is 0. The molecule has 0 aliphatic carbocycles. The van der Waals surface area contributed by atoms with E-state index in [4.69, 9.17) is 0 Å². The Balaban J connectivity index is 0.00000256. The van der Waals surface area contributed by atoms with Gasteiger partial charge in [-0.25, -0.2) is 0 Å². The van der Waals surface area contributed by atoms with Crippen molar-refractivity contribution in [2.24, 2.45) is 5.92 Å². The van der Waals surface area contributed by atoms with E-state index >= 15 is 0 Å². The van der Waals surface area contributed by atoms with Crippen molar-refractivity contribution >= 4 is 12.4 Å². The van der Waals surface area contributed by atoms with Crippen LogP contribution in [0.3, 0.4) is 0 Å². The highest BCUT2D eigenvalue weighted by Crippen LogP contribution is 2.23. The van der Waals surface area contributed by atoms with E-state index < -0.39 is 0 Å². The van der Waals surface area contributed by atoms with Gasteiger partial charge in [-0.1, -0.05) is 34.6 Å². The second kappa shape index (κ2) is 7.02. The zero-order chi connectivity index (χ0) is 12.2. The zero-order valence-electron chi connectivity index (χ0n) is 11.6. The molecule has 0 aliphatic rings. The summed E-state index contributed by atoms with van der Waals surface area (Å²) in [6.07, 6.45) is 3.16. The number of nitrogens with one attached hydrogen (secondary N) is 2. The van der Waals surface area contributed by atoms with Crippen LogP contribution in [-0.2, 0) is 12.0 Å². The largest absolute Gasteiger partial charge is 0.313 e. The molecule has 3 nitrogen and oxygen atoms in total. The lowest BCUT2D eigenvalue weighted by molar-refractivity contribution is 0.525. The third-order valence-corrected chi connectivity index (χ3v) is 2.68. The molecular weight excluding hydrogens is 234 g/mol. The van der Waals surface area contributed by atoms with Crippen molar-refractivity contribution < 1.29 is 0 Å². The molecule has 4 heteroatoms. The lowest BCUT2D eigenvalue weighted by atomic mass is 9.89. The van der Waals surface area contributed by atoms with Crippen molar-refractivity contribution in [1.29, 1.82) is 0 Å². The highest BCUT2D eigenvalue weighted by molar-refractivity contribution is 5.85. The van der Waals surface area contributed by atoms with E-state index in [9.17, 15) is 0 Å². The molecule has 0 aromatic carbocycles. The molecule has 0 amide bonds. The van der Waals surface area contributed by atoms with Gasteiger partial charge in [0.1, 0.15) is 0 Å². The molecular formula is C13H26ClN3. The molecule has 0 aliphatic heterocycles. The average Bonchev–Trinajstić information content (AvgIpc) is 2.59. The van der Waals surface area contributed by atoms with Gasteiger partial charge in [0.15, 0.2) is 0 Å². The van der Waals surface area contributed by atoms with E-state index in [1.165, 1.54) is 17.7 Å². The monoisotopic (exact) mass is 259 g/mol. The van der Waals surface area contributed by atoms with Crippen LogP contribution < -0.4 is 5.32 Å². The Kier molecular flexibility index (Phi) is 6.80. The van der Waals surface area contributed by atoms with Gasteiger partial charge < -0.3 is 5.32 Å². The van der Waals surface area contributed by atoms with Crippen LogP contribution in [0.15, 0.2) is 6.20 Å². The summed E-state index contributed by atoms with van der Waals surface area (Å²) >= 11 is 0. The first-order valence-electron chi connectivity index (χ1n) is 6.14. The van der Waals surface area contributed by atoms with Gasteiger partial charge >= 0.3 is 0 Å². The summed E-state index contributed by atoms with van der Waals surface area (Å²) in [5, 5.41) is 10.7. The third kappa shape index (κ3) is 5.55. The maximum Gasteiger partial charge on any atom is 0.0535 e. The molecule has 0 fully saturated rings. The Morgan fingerprint density at radius 1 is 1.35 bits per heavy atom. The Labute approximate surface area is 111 Å². The molecule has 17 heavy (non-hydrogen) atoms. The normalized spacial score (nSPS) is 11.6. The number of aromatic nitrogens is 2. The number of hydrogen-bond donors (Lipinski definition) is 2. The van der Waals surface area contributed by atoms with Crippen LogP contribution in [-0.4, -0.2) is 16.7 Å². The second-order valence-corrected chi connectivity index (χ2v) is 5.88. The number of aromatic amines is 1. The molecule has 2 N–H and O–H groups in total. The molecule has 0 bridgehead atoms. The minimum Gasteiger partial charge on any atom is -0.313 e. The third-order valence-electron chi connectivity index (χ3n) is 2.68. The topological polar surface area (TPSA) is 40.7 Å². The highest BCUT2D eigenvalue weighted by Gasteiger charge is 2.19. The predicted molar refractivity (Wildman–Crippen MR) is 75.7 cm³/mol. The van der Waals surface area contributed by atoms with Crippen LogP contribution in [0.4, 0.5) is 0 Å². The molecule has 0 saturated carbocycles. The molecule has 0 unspecified atom stereocenters. The summed E-state index contributed by atoms with van der Waals surface area (Å²) in [4.78, 5) is 0. The Bertz CT molecular complexity index is 313. The van der Waals surface area contributed by atoms with Gasteiger partial charge in [0, 0.05) is 23.2 Å². The van der Waals surface area contributed by atoms with Gasteiger partial charge in [-0.3, -0.25) is 5.10 Å². The van der Waals surface area contributed by atoms with Crippen LogP contribution in [0, 0.1) is 5.92 Å². The first kappa shape index (κ1) is 16.5.